The molecule has 2 atom stereocenters. The highest BCUT2D eigenvalue weighted by molar-refractivity contribution is 5.94. The number of hydrazine groups is 1. The van der Waals surface area contributed by atoms with E-state index in [1.807, 2.05) is 44.3 Å². The van der Waals surface area contributed by atoms with E-state index in [-0.39, 0.29) is 17.9 Å². The van der Waals surface area contributed by atoms with Gasteiger partial charge in [-0.05, 0) is 35.9 Å². The normalized spacial score (nSPS) is 16.9. The van der Waals surface area contributed by atoms with E-state index in [4.69, 9.17) is 5.73 Å². The van der Waals surface area contributed by atoms with Crippen molar-refractivity contribution in [2.24, 2.45) is 11.7 Å². The third-order valence-electron chi connectivity index (χ3n) is 4.87. The van der Waals surface area contributed by atoms with Gasteiger partial charge in [-0.1, -0.05) is 26.3 Å². The number of aromatic amines is 1. The number of benzene rings is 1. The fraction of sp³-hybridized carbons (Fsp3) is 0.444. The van der Waals surface area contributed by atoms with E-state index in [9.17, 15) is 9.59 Å². The summed E-state index contributed by atoms with van der Waals surface area (Å²) >= 11 is 0. The predicted molar refractivity (Wildman–Crippen MR) is 97.8 cm³/mol. The predicted octanol–water partition coefficient (Wildman–Crippen LogP) is 2.52. The summed E-state index contributed by atoms with van der Waals surface area (Å²) in [4.78, 5) is 28.4. The van der Waals surface area contributed by atoms with Gasteiger partial charge in [0.15, 0.2) is 0 Å². The van der Waals surface area contributed by atoms with Crippen molar-refractivity contribution in [2.75, 3.05) is 18.4 Å². The number of nitrogens with one attached hydrogen (secondary N) is 2. The molecule has 134 valence electrons. The summed E-state index contributed by atoms with van der Waals surface area (Å²) in [7, 11) is 0. The Morgan fingerprint density at radius 1 is 1.28 bits per heavy atom. The highest BCUT2D eigenvalue weighted by Gasteiger charge is 2.34. The van der Waals surface area contributed by atoms with E-state index in [1.54, 1.807) is 0 Å². The van der Waals surface area contributed by atoms with Crippen LogP contribution < -0.4 is 11.1 Å². The summed E-state index contributed by atoms with van der Waals surface area (Å²) in [5.41, 5.74) is 7.70. The van der Waals surface area contributed by atoms with Gasteiger partial charge in [-0.2, -0.15) is 0 Å². The van der Waals surface area contributed by atoms with Crippen LogP contribution in [-0.2, 0) is 4.79 Å². The van der Waals surface area contributed by atoms with E-state index < -0.39 is 6.04 Å². The van der Waals surface area contributed by atoms with Gasteiger partial charge >= 0.3 is 6.03 Å². The second kappa shape index (κ2) is 7.14. The maximum atomic E-state index is 12.6. The lowest BCUT2D eigenvalue weighted by Gasteiger charge is -2.31. The first kappa shape index (κ1) is 17.3. The smallest absolute Gasteiger partial charge is 0.340 e. The Labute approximate surface area is 147 Å². The molecule has 2 unspecified atom stereocenters. The molecule has 1 aromatic carbocycles. The number of nitrogens with zero attached hydrogens (tertiary/aromatic N) is 2. The lowest BCUT2D eigenvalue weighted by molar-refractivity contribution is -0.142. The van der Waals surface area contributed by atoms with Gasteiger partial charge in [0.05, 0.1) is 6.04 Å². The molecule has 0 bridgehead atoms. The molecule has 1 aromatic heterocycles. The van der Waals surface area contributed by atoms with Crippen molar-refractivity contribution in [1.29, 1.82) is 0 Å². The standard InChI is InChI=1S/C18H25N5O2/c1-3-12(2)16(19)17(24)22-9-4-10-23(22)18(25)21-14-6-5-13-7-8-20-15(13)11-14/h5-8,11-12,16,20H,3-4,9-10,19H2,1-2H3,(H,21,25). The average Bonchev–Trinajstić information content (AvgIpc) is 3.28. The molecule has 1 fully saturated rings. The molecule has 25 heavy (non-hydrogen) atoms. The number of aromatic nitrogens is 1. The lowest BCUT2D eigenvalue weighted by Crippen LogP contribution is -2.53. The van der Waals surface area contributed by atoms with Crippen molar-refractivity contribution >= 4 is 28.5 Å². The number of fused-ring (bicyclic) bond motifs is 1. The van der Waals surface area contributed by atoms with Crippen LogP contribution in [0.1, 0.15) is 26.7 Å². The first-order valence-electron chi connectivity index (χ1n) is 8.73. The summed E-state index contributed by atoms with van der Waals surface area (Å²) < 4.78 is 0. The summed E-state index contributed by atoms with van der Waals surface area (Å²) in [5.74, 6) is -0.116. The van der Waals surface area contributed by atoms with Gasteiger partial charge < -0.3 is 16.0 Å². The third-order valence-corrected chi connectivity index (χ3v) is 4.87. The van der Waals surface area contributed by atoms with Crippen LogP contribution in [0.25, 0.3) is 10.9 Å². The molecule has 0 spiro atoms. The molecular formula is C18H25N5O2. The summed E-state index contributed by atoms with van der Waals surface area (Å²) in [6.45, 7) is 4.99. The van der Waals surface area contributed by atoms with Crippen LogP contribution in [0.15, 0.2) is 30.5 Å². The highest BCUT2D eigenvalue weighted by Crippen LogP contribution is 2.20. The molecule has 3 amide bonds. The van der Waals surface area contributed by atoms with E-state index in [0.717, 1.165) is 23.7 Å². The minimum absolute atomic E-state index is 0.0771. The Hall–Kier alpha value is -2.54. The number of carbonyl (C=O) groups excluding carboxylic acids is 2. The number of urea groups is 1. The fourth-order valence-electron chi connectivity index (χ4n) is 3.04. The maximum Gasteiger partial charge on any atom is 0.340 e. The number of H-pyrrole nitrogens is 1. The molecule has 1 aliphatic rings. The number of hydrogen-bond acceptors (Lipinski definition) is 3. The van der Waals surface area contributed by atoms with E-state index in [1.165, 1.54) is 10.0 Å². The lowest BCUT2D eigenvalue weighted by atomic mass is 9.99. The van der Waals surface area contributed by atoms with Crippen LogP contribution in [0.2, 0.25) is 0 Å². The van der Waals surface area contributed by atoms with Gasteiger partial charge in [-0.25, -0.2) is 14.8 Å². The summed E-state index contributed by atoms with van der Waals surface area (Å²) in [6, 6.07) is 6.73. The van der Waals surface area contributed by atoms with Crippen LogP contribution in [-0.4, -0.2) is 46.1 Å². The van der Waals surface area contributed by atoms with Crippen molar-refractivity contribution in [3.8, 4) is 0 Å². The molecule has 4 N–H and O–H groups in total. The van der Waals surface area contributed by atoms with Gasteiger partial charge in [0.1, 0.15) is 0 Å². The Morgan fingerprint density at radius 2 is 2.04 bits per heavy atom. The van der Waals surface area contributed by atoms with Crippen molar-refractivity contribution in [3.63, 3.8) is 0 Å². The largest absolute Gasteiger partial charge is 0.361 e. The zero-order valence-corrected chi connectivity index (χ0v) is 14.7. The molecule has 1 saturated heterocycles. The molecular weight excluding hydrogens is 318 g/mol. The minimum atomic E-state index is -0.589. The van der Waals surface area contributed by atoms with Crippen molar-refractivity contribution in [2.45, 2.75) is 32.7 Å². The minimum Gasteiger partial charge on any atom is -0.361 e. The van der Waals surface area contributed by atoms with Gasteiger partial charge in [-0.15, -0.1) is 0 Å². The number of amides is 3. The van der Waals surface area contributed by atoms with E-state index >= 15 is 0 Å². The van der Waals surface area contributed by atoms with E-state index in [2.05, 4.69) is 10.3 Å². The number of hydrogen-bond donors (Lipinski definition) is 3. The first-order chi connectivity index (χ1) is 12.0. The monoisotopic (exact) mass is 343 g/mol. The van der Waals surface area contributed by atoms with Crippen LogP contribution in [0.4, 0.5) is 10.5 Å². The second-order valence-electron chi connectivity index (χ2n) is 6.56. The zero-order chi connectivity index (χ0) is 18.0. The molecule has 7 nitrogen and oxygen atoms in total. The maximum absolute atomic E-state index is 12.6. The average molecular weight is 343 g/mol. The highest BCUT2D eigenvalue weighted by atomic mass is 16.2. The summed E-state index contributed by atoms with van der Waals surface area (Å²) in [5, 5.41) is 6.89. The molecule has 1 aliphatic heterocycles. The quantitative estimate of drug-likeness (QED) is 0.796. The van der Waals surface area contributed by atoms with Crippen molar-refractivity contribution in [1.82, 2.24) is 15.0 Å². The molecule has 0 aliphatic carbocycles. The second-order valence-corrected chi connectivity index (χ2v) is 6.56. The molecule has 3 rings (SSSR count). The third kappa shape index (κ3) is 3.46. The Balaban J connectivity index is 1.70. The topological polar surface area (TPSA) is 94.5 Å². The van der Waals surface area contributed by atoms with Crippen LogP contribution in [0.5, 0.6) is 0 Å². The fourth-order valence-corrected chi connectivity index (χ4v) is 3.04. The van der Waals surface area contributed by atoms with Crippen LogP contribution in [0, 0.1) is 5.92 Å². The SMILES string of the molecule is CCC(C)C(N)C(=O)N1CCCN1C(=O)Nc1ccc2cc[nH]c2c1. The number of nitrogens with two attached hydrogens (primary N) is 1. The molecule has 0 saturated carbocycles. The zero-order valence-electron chi connectivity index (χ0n) is 14.7. The molecule has 0 radical (unpaired) electrons. The van der Waals surface area contributed by atoms with Gasteiger partial charge in [0.2, 0.25) is 0 Å². The molecule has 2 heterocycles. The van der Waals surface area contributed by atoms with Crippen molar-refractivity contribution < 1.29 is 9.59 Å². The summed E-state index contributed by atoms with van der Waals surface area (Å²) in [6.07, 6.45) is 3.43. The number of anilines is 1. The number of rotatable bonds is 4. The molecule has 2 aromatic rings. The van der Waals surface area contributed by atoms with Gasteiger partial charge in [-0.3, -0.25) is 4.79 Å². The van der Waals surface area contributed by atoms with Gasteiger partial charge in [0.25, 0.3) is 5.91 Å². The van der Waals surface area contributed by atoms with Crippen LogP contribution in [0.3, 0.4) is 0 Å². The first-order valence-corrected chi connectivity index (χ1v) is 8.73. The Morgan fingerprint density at radius 3 is 2.80 bits per heavy atom. The molecule has 7 heteroatoms. The van der Waals surface area contributed by atoms with Gasteiger partial charge in [0, 0.05) is 30.5 Å². The van der Waals surface area contributed by atoms with E-state index in [0.29, 0.717) is 18.8 Å². The van der Waals surface area contributed by atoms with Crippen LogP contribution >= 0.6 is 0 Å². The van der Waals surface area contributed by atoms with Crippen molar-refractivity contribution in [3.05, 3.63) is 30.5 Å². The number of carbonyl (C=O) groups is 2. The Bertz CT molecular complexity index is 772. The Kier molecular flexibility index (Phi) is 4.94.